The van der Waals surface area contributed by atoms with E-state index >= 15 is 0 Å². The molecule has 4 rings (SSSR count). The Morgan fingerprint density at radius 2 is 1.96 bits per heavy atom. The fourth-order valence-electron chi connectivity index (χ4n) is 4.02. The molecule has 6 heteroatoms. The van der Waals surface area contributed by atoms with E-state index in [2.05, 4.69) is 19.2 Å². The molecule has 2 aliphatic heterocycles. The van der Waals surface area contributed by atoms with Gasteiger partial charge in [-0.3, -0.25) is 4.90 Å². The first kappa shape index (κ1) is 18.3. The minimum absolute atomic E-state index is 0.217. The highest BCUT2D eigenvalue weighted by Gasteiger charge is 2.50. The highest BCUT2D eigenvalue weighted by molar-refractivity contribution is 5.95. The van der Waals surface area contributed by atoms with E-state index in [0.717, 1.165) is 11.3 Å². The first-order chi connectivity index (χ1) is 13.3. The number of benzene rings is 2. The zero-order chi connectivity index (χ0) is 20.1. The molecule has 2 bridgehead atoms. The average molecular weight is 380 g/mol. The second-order valence-electron chi connectivity index (χ2n) is 7.81. The number of fused-ring (bicyclic) bond motifs is 4. The summed E-state index contributed by atoms with van der Waals surface area (Å²) in [6.07, 6.45) is 0.572. The summed E-state index contributed by atoms with van der Waals surface area (Å²) < 4.78 is 11.1. The summed E-state index contributed by atoms with van der Waals surface area (Å²) in [6.45, 7) is 6.20. The average Bonchev–Trinajstić information content (AvgIpc) is 2.66. The summed E-state index contributed by atoms with van der Waals surface area (Å²) in [7, 11) is 1.35. The predicted octanol–water partition coefficient (Wildman–Crippen LogP) is 4.37. The van der Waals surface area contributed by atoms with E-state index < -0.39 is 11.7 Å². The standard InChI is InChI=1S/C22H24N2O4/c1-13(2)14-5-8-16(9-6-14)24-21(26)23-18-12-22(24,3)28-19-10-7-15(11-17(18)19)20(25)27-4/h5-11,13,18H,12H2,1-4H3,(H,23,26)/t18-,22-/m1/s1. The summed E-state index contributed by atoms with van der Waals surface area (Å²) in [6, 6.07) is 12.7. The van der Waals surface area contributed by atoms with Crippen LogP contribution in [0.4, 0.5) is 10.5 Å². The van der Waals surface area contributed by atoms with E-state index in [-0.39, 0.29) is 12.1 Å². The van der Waals surface area contributed by atoms with Gasteiger partial charge in [0.1, 0.15) is 5.75 Å². The van der Waals surface area contributed by atoms with Crippen molar-refractivity contribution in [3.63, 3.8) is 0 Å². The number of methoxy groups -OCH3 is 1. The number of nitrogens with zero attached hydrogens (tertiary/aromatic N) is 1. The maximum absolute atomic E-state index is 13.0. The molecule has 2 aliphatic rings. The van der Waals surface area contributed by atoms with Gasteiger partial charge < -0.3 is 14.8 Å². The van der Waals surface area contributed by atoms with Crippen LogP contribution in [0.2, 0.25) is 0 Å². The molecule has 0 radical (unpaired) electrons. The summed E-state index contributed by atoms with van der Waals surface area (Å²) in [5, 5.41) is 3.05. The molecule has 2 amide bonds. The molecule has 0 aliphatic carbocycles. The van der Waals surface area contributed by atoms with Crippen molar-refractivity contribution in [2.24, 2.45) is 0 Å². The molecule has 2 atom stereocenters. The summed E-state index contributed by atoms with van der Waals surface area (Å²) in [5.41, 5.74) is 2.43. The molecule has 0 spiro atoms. The minimum atomic E-state index is -0.813. The Kier molecular flexibility index (Phi) is 4.29. The molecule has 0 saturated carbocycles. The van der Waals surface area contributed by atoms with Crippen molar-refractivity contribution < 1.29 is 19.1 Å². The highest BCUT2D eigenvalue weighted by atomic mass is 16.5. The number of nitrogens with one attached hydrogen (secondary N) is 1. The zero-order valence-corrected chi connectivity index (χ0v) is 16.5. The lowest BCUT2D eigenvalue weighted by Gasteiger charge is -2.50. The number of ether oxygens (including phenoxy) is 2. The van der Waals surface area contributed by atoms with Gasteiger partial charge in [-0.05, 0) is 48.7 Å². The van der Waals surface area contributed by atoms with Crippen molar-refractivity contribution in [3.8, 4) is 5.75 Å². The molecule has 1 saturated heterocycles. The second-order valence-corrected chi connectivity index (χ2v) is 7.81. The van der Waals surface area contributed by atoms with Crippen molar-refractivity contribution >= 4 is 17.7 Å². The van der Waals surface area contributed by atoms with Crippen LogP contribution in [0.15, 0.2) is 42.5 Å². The van der Waals surface area contributed by atoms with Crippen molar-refractivity contribution in [3.05, 3.63) is 59.2 Å². The zero-order valence-electron chi connectivity index (χ0n) is 16.5. The molecule has 146 valence electrons. The Bertz CT molecular complexity index is 938. The number of carbonyl (C=O) groups excluding carboxylic acids is 2. The van der Waals surface area contributed by atoms with Gasteiger partial charge >= 0.3 is 12.0 Å². The molecule has 28 heavy (non-hydrogen) atoms. The van der Waals surface area contributed by atoms with E-state index in [1.54, 1.807) is 23.1 Å². The van der Waals surface area contributed by atoms with Crippen molar-refractivity contribution in [1.82, 2.24) is 5.32 Å². The van der Waals surface area contributed by atoms with Crippen LogP contribution >= 0.6 is 0 Å². The number of urea groups is 1. The number of esters is 1. The SMILES string of the molecule is COC(=O)c1ccc2c(c1)[C@H]1C[C@@](C)(O2)N(c2ccc(C(C)C)cc2)C(=O)N1. The van der Waals surface area contributed by atoms with E-state index in [9.17, 15) is 9.59 Å². The van der Waals surface area contributed by atoms with Crippen LogP contribution in [0.5, 0.6) is 5.75 Å². The van der Waals surface area contributed by atoms with Crippen LogP contribution in [-0.4, -0.2) is 24.8 Å². The number of hydrogen-bond acceptors (Lipinski definition) is 4. The van der Waals surface area contributed by atoms with Crippen LogP contribution < -0.4 is 15.0 Å². The van der Waals surface area contributed by atoms with Gasteiger partial charge in [0.15, 0.2) is 5.72 Å². The van der Waals surface area contributed by atoms with Gasteiger partial charge in [0.05, 0.1) is 18.7 Å². The molecule has 2 aromatic carbocycles. The lowest BCUT2D eigenvalue weighted by atomic mass is 9.89. The predicted molar refractivity (Wildman–Crippen MR) is 106 cm³/mol. The fraction of sp³-hybridized carbons (Fsp3) is 0.364. The molecule has 2 heterocycles. The summed E-state index contributed by atoms with van der Waals surface area (Å²) in [4.78, 5) is 26.5. The van der Waals surface area contributed by atoms with Gasteiger partial charge in [-0.25, -0.2) is 9.59 Å². The number of rotatable bonds is 3. The van der Waals surface area contributed by atoms with Gasteiger partial charge in [-0.2, -0.15) is 0 Å². The highest BCUT2D eigenvalue weighted by Crippen LogP contribution is 2.45. The second kappa shape index (κ2) is 6.55. The monoisotopic (exact) mass is 380 g/mol. The van der Waals surface area contributed by atoms with Gasteiger partial charge in [0, 0.05) is 17.7 Å². The Morgan fingerprint density at radius 3 is 2.61 bits per heavy atom. The molecule has 0 unspecified atom stereocenters. The summed E-state index contributed by atoms with van der Waals surface area (Å²) in [5.74, 6) is 0.673. The van der Waals surface area contributed by atoms with E-state index in [0.29, 0.717) is 23.7 Å². The quantitative estimate of drug-likeness (QED) is 0.803. The molecule has 1 fully saturated rings. The molecular formula is C22H24N2O4. The van der Waals surface area contributed by atoms with Crippen molar-refractivity contribution in [2.75, 3.05) is 12.0 Å². The normalized spacial score (nSPS) is 23.0. The Balaban J connectivity index is 1.70. The molecule has 6 nitrogen and oxygen atoms in total. The molecular weight excluding hydrogens is 356 g/mol. The third-order valence-electron chi connectivity index (χ3n) is 5.51. The van der Waals surface area contributed by atoms with Gasteiger partial charge in [0.25, 0.3) is 0 Å². The van der Waals surface area contributed by atoms with E-state index in [4.69, 9.17) is 9.47 Å². The topological polar surface area (TPSA) is 67.9 Å². The van der Waals surface area contributed by atoms with Crippen LogP contribution in [0.25, 0.3) is 0 Å². The van der Waals surface area contributed by atoms with E-state index in [1.807, 2.05) is 31.2 Å². The lowest BCUT2D eigenvalue weighted by Crippen LogP contribution is -2.65. The van der Waals surface area contributed by atoms with Crippen LogP contribution in [0.1, 0.15) is 60.6 Å². The largest absolute Gasteiger partial charge is 0.467 e. The molecule has 0 aromatic heterocycles. The molecule has 2 aromatic rings. The van der Waals surface area contributed by atoms with Crippen LogP contribution in [0.3, 0.4) is 0 Å². The number of hydrogen-bond donors (Lipinski definition) is 1. The first-order valence-electron chi connectivity index (χ1n) is 9.44. The van der Waals surface area contributed by atoms with Crippen molar-refractivity contribution in [2.45, 2.75) is 44.9 Å². The maximum Gasteiger partial charge on any atom is 0.337 e. The van der Waals surface area contributed by atoms with Crippen LogP contribution in [-0.2, 0) is 4.74 Å². The fourth-order valence-corrected chi connectivity index (χ4v) is 4.02. The van der Waals surface area contributed by atoms with Crippen molar-refractivity contribution in [1.29, 1.82) is 0 Å². The first-order valence-corrected chi connectivity index (χ1v) is 9.44. The number of carbonyl (C=O) groups is 2. The Hall–Kier alpha value is -3.02. The third-order valence-corrected chi connectivity index (χ3v) is 5.51. The number of anilines is 1. The van der Waals surface area contributed by atoms with Gasteiger partial charge in [-0.15, -0.1) is 0 Å². The Labute approximate surface area is 164 Å². The van der Waals surface area contributed by atoms with Crippen LogP contribution in [0, 0.1) is 0 Å². The lowest BCUT2D eigenvalue weighted by molar-refractivity contribution is 0.0377. The Morgan fingerprint density at radius 1 is 1.25 bits per heavy atom. The summed E-state index contributed by atoms with van der Waals surface area (Å²) >= 11 is 0. The third kappa shape index (κ3) is 2.89. The number of amides is 2. The minimum Gasteiger partial charge on any atom is -0.467 e. The van der Waals surface area contributed by atoms with Gasteiger partial charge in [0.2, 0.25) is 0 Å². The maximum atomic E-state index is 13.0. The van der Waals surface area contributed by atoms with E-state index in [1.165, 1.54) is 12.7 Å². The van der Waals surface area contributed by atoms with Gasteiger partial charge in [-0.1, -0.05) is 26.0 Å². The molecule has 1 N–H and O–H groups in total. The smallest absolute Gasteiger partial charge is 0.337 e.